The molecule has 0 aromatic heterocycles. The van der Waals surface area contributed by atoms with Gasteiger partial charge < -0.3 is 4.90 Å². The predicted octanol–water partition coefficient (Wildman–Crippen LogP) is 1.09. The summed E-state index contributed by atoms with van der Waals surface area (Å²) < 4.78 is 0. The van der Waals surface area contributed by atoms with Crippen molar-refractivity contribution in [1.29, 1.82) is 0 Å². The maximum atomic E-state index is 4.27. The summed E-state index contributed by atoms with van der Waals surface area (Å²) in [5, 5.41) is 0. The van der Waals surface area contributed by atoms with E-state index < -0.39 is 0 Å². The molecule has 1 aliphatic heterocycles. The second kappa shape index (κ2) is 6.56. The third kappa shape index (κ3) is 3.63. The third-order valence-electron chi connectivity index (χ3n) is 2.64. The van der Waals surface area contributed by atoms with Crippen molar-refractivity contribution in [3.63, 3.8) is 0 Å². The third-order valence-corrected chi connectivity index (χ3v) is 2.64. The van der Waals surface area contributed by atoms with Crippen LogP contribution in [0, 0.1) is 0 Å². The maximum Gasteiger partial charge on any atom is 0.220 e. The molecular weight excluding hydrogens is 188 g/mol. The fraction of sp³-hybridized carbons (Fsp3) is 0.818. The summed E-state index contributed by atoms with van der Waals surface area (Å²) in [6.45, 7) is 9.72. The topological polar surface area (TPSA) is 31.2 Å². The molecule has 0 aromatic carbocycles. The molecule has 1 fully saturated rings. The van der Waals surface area contributed by atoms with Crippen molar-refractivity contribution in [3.05, 3.63) is 0 Å². The quantitative estimate of drug-likeness (QED) is 0.504. The minimum Gasteiger partial charge on any atom is -0.339 e. The van der Waals surface area contributed by atoms with Crippen LogP contribution in [0.15, 0.2) is 9.98 Å². The summed E-state index contributed by atoms with van der Waals surface area (Å²) in [4.78, 5) is 13.2. The second-order valence-electron chi connectivity index (χ2n) is 3.74. The van der Waals surface area contributed by atoms with Gasteiger partial charge in [-0.25, -0.2) is 4.99 Å². The molecule has 0 amide bonds. The molecule has 0 aromatic rings. The van der Waals surface area contributed by atoms with Gasteiger partial charge in [-0.3, -0.25) is 9.89 Å². The van der Waals surface area contributed by atoms with E-state index in [2.05, 4.69) is 26.7 Å². The number of piperazine rings is 1. The number of hydrogen-bond donors (Lipinski definition) is 0. The fourth-order valence-corrected chi connectivity index (χ4v) is 1.88. The summed E-state index contributed by atoms with van der Waals surface area (Å²) in [5.41, 5.74) is 0. The highest BCUT2D eigenvalue weighted by Gasteiger charge is 2.17. The van der Waals surface area contributed by atoms with E-state index in [1.807, 2.05) is 6.92 Å². The van der Waals surface area contributed by atoms with Crippen LogP contribution < -0.4 is 0 Å². The van der Waals surface area contributed by atoms with E-state index in [1.165, 1.54) is 13.0 Å². The molecule has 1 heterocycles. The molecule has 1 aliphatic rings. The van der Waals surface area contributed by atoms with Crippen molar-refractivity contribution in [2.24, 2.45) is 9.98 Å². The largest absolute Gasteiger partial charge is 0.339 e. The molecule has 0 atom stereocenters. The molecule has 4 heteroatoms. The smallest absolute Gasteiger partial charge is 0.220 e. The highest BCUT2D eigenvalue weighted by atomic mass is 15.3. The average Bonchev–Trinajstić information content (AvgIpc) is 2.28. The Kier molecular flexibility index (Phi) is 5.32. The van der Waals surface area contributed by atoms with Crippen molar-refractivity contribution in [1.82, 2.24) is 9.80 Å². The van der Waals surface area contributed by atoms with Gasteiger partial charge in [0.2, 0.25) is 5.96 Å². The lowest BCUT2D eigenvalue weighted by molar-refractivity contribution is 0.181. The van der Waals surface area contributed by atoms with Gasteiger partial charge >= 0.3 is 0 Å². The Morgan fingerprint density at radius 3 is 2.40 bits per heavy atom. The number of rotatable bonds is 2. The van der Waals surface area contributed by atoms with E-state index >= 15 is 0 Å². The summed E-state index contributed by atoms with van der Waals surface area (Å²) in [7, 11) is 1.81. The molecule has 15 heavy (non-hydrogen) atoms. The molecule has 0 unspecified atom stereocenters. The number of guanidine groups is 1. The van der Waals surface area contributed by atoms with Crippen LogP contribution in [0.3, 0.4) is 0 Å². The Balaban J connectivity index is 2.42. The normalized spacial score (nSPS) is 20.2. The predicted molar refractivity (Wildman–Crippen MR) is 65.8 cm³/mol. The first-order chi connectivity index (χ1) is 7.31. The van der Waals surface area contributed by atoms with Crippen LogP contribution in [0.25, 0.3) is 0 Å². The van der Waals surface area contributed by atoms with E-state index in [0.717, 1.165) is 32.1 Å². The summed E-state index contributed by atoms with van der Waals surface area (Å²) >= 11 is 0. The van der Waals surface area contributed by atoms with Gasteiger partial charge in [0.15, 0.2) is 0 Å². The van der Waals surface area contributed by atoms with Crippen LogP contribution in [0.4, 0.5) is 0 Å². The van der Waals surface area contributed by atoms with Crippen LogP contribution in [-0.2, 0) is 0 Å². The summed E-state index contributed by atoms with van der Waals surface area (Å²) in [6.07, 6.45) is 3.04. The second-order valence-corrected chi connectivity index (χ2v) is 3.74. The van der Waals surface area contributed by atoms with E-state index in [9.17, 15) is 0 Å². The van der Waals surface area contributed by atoms with E-state index in [1.54, 1.807) is 13.3 Å². The van der Waals surface area contributed by atoms with Crippen LogP contribution in [-0.4, -0.2) is 61.7 Å². The molecule has 0 saturated carbocycles. The first-order valence-electron chi connectivity index (χ1n) is 5.74. The first-order valence-corrected chi connectivity index (χ1v) is 5.74. The fourth-order valence-electron chi connectivity index (χ4n) is 1.88. The van der Waals surface area contributed by atoms with Gasteiger partial charge in [-0.1, -0.05) is 6.92 Å². The zero-order valence-corrected chi connectivity index (χ0v) is 10.1. The number of nitrogens with zero attached hydrogens (tertiary/aromatic N) is 4. The van der Waals surface area contributed by atoms with E-state index in [0.29, 0.717) is 0 Å². The lowest BCUT2D eigenvalue weighted by Crippen LogP contribution is -2.48. The first kappa shape index (κ1) is 12.2. The van der Waals surface area contributed by atoms with Gasteiger partial charge in [-0.2, -0.15) is 0 Å². The molecule has 0 bridgehead atoms. The number of hydrogen-bond acceptors (Lipinski definition) is 2. The molecule has 0 radical (unpaired) electrons. The van der Waals surface area contributed by atoms with Crippen molar-refractivity contribution in [2.75, 3.05) is 39.8 Å². The van der Waals surface area contributed by atoms with Crippen molar-refractivity contribution < 1.29 is 0 Å². The van der Waals surface area contributed by atoms with Crippen molar-refractivity contribution in [2.45, 2.75) is 20.3 Å². The molecule has 0 N–H and O–H groups in total. The van der Waals surface area contributed by atoms with Crippen LogP contribution in [0.1, 0.15) is 20.3 Å². The maximum absolute atomic E-state index is 4.27. The zero-order chi connectivity index (χ0) is 11.1. The minimum atomic E-state index is 0.869. The Bertz CT molecular complexity index is 227. The standard InChI is InChI=1S/C11H22N4/c1-4-6-14-7-9-15(10-8-14)11(12-3)13-5-2/h5H,4,6-10H2,1-3H3/b12-11?,13-5-. The minimum absolute atomic E-state index is 0.869. The lowest BCUT2D eigenvalue weighted by Gasteiger charge is -2.34. The summed E-state index contributed by atoms with van der Waals surface area (Å²) in [6, 6.07) is 0. The van der Waals surface area contributed by atoms with Crippen LogP contribution >= 0.6 is 0 Å². The zero-order valence-electron chi connectivity index (χ0n) is 10.1. The molecule has 4 nitrogen and oxygen atoms in total. The Morgan fingerprint density at radius 2 is 1.93 bits per heavy atom. The lowest BCUT2D eigenvalue weighted by atomic mass is 10.3. The average molecular weight is 210 g/mol. The monoisotopic (exact) mass is 210 g/mol. The van der Waals surface area contributed by atoms with Gasteiger partial charge in [-0.15, -0.1) is 0 Å². The molecule has 86 valence electrons. The Labute approximate surface area is 92.7 Å². The van der Waals surface area contributed by atoms with Crippen molar-refractivity contribution in [3.8, 4) is 0 Å². The molecule has 1 saturated heterocycles. The van der Waals surface area contributed by atoms with Gasteiger partial charge in [0.25, 0.3) is 0 Å². The molecular formula is C11H22N4. The van der Waals surface area contributed by atoms with Gasteiger partial charge in [0.05, 0.1) is 0 Å². The Hall–Kier alpha value is -0.900. The van der Waals surface area contributed by atoms with Crippen LogP contribution in [0.2, 0.25) is 0 Å². The van der Waals surface area contributed by atoms with E-state index in [4.69, 9.17) is 0 Å². The highest BCUT2D eigenvalue weighted by Crippen LogP contribution is 2.04. The molecule has 1 rings (SSSR count). The highest BCUT2D eigenvalue weighted by molar-refractivity contribution is 5.87. The SMILES string of the molecule is C/C=N\C(=NC)N1CCN(CCC)CC1. The van der Waals surface area contributed by atoms with Gasteiger partial charge in [0.1, 0.15) is 0 Å². The van der Waals surface area contributed by atoms with Gasteiger partial charge in [0, 0.05) is 39.4 Å². The van der Waals surface area contributed by atoms with Gasteiger partial charge in [-0.05, 0) is 19.9 Å². The number of aliphatic imine (C=N–C) groups is 2. The molecule has 0 spiro atoms. The summed E-state index contributed by atoms with van der Waals surface area (Å²) in [5.74, 6) is 0.869. The van der Waals surface area contributed by atoms with E-state index in [-0.39, 0.29) is 0 Å². The Morgan fingerprint density at radius 1 is 1.27 bits per heavy atom. The van der Waals surface area contributed by atoms with Crippen molar-refractivity contribution >= 4 is 12.2 Å². The van der Waals surface area contributed by atoms with Crippen LogP contribution in [0.5, 0.6) is 0 Å². The molecule has 0 aliphatic carbocycles.